The van der Waals surface area contributed by atoms with Gasteiger partial charge in [0.2, 0.25) is 0 Å². The molecule has 2 aromatic rings. The lowest BCUT2D eigenvalue weighted by Crippen LogP contribution is -2.41. The predicted octanol–water partition coefficient (Wildman–Crippen LogP) is 2.28. The Morgan fingerprint density at radius 2 is 1.83 bits per heavy atom. The van der Waals surface area contributed by atoms with Crippen LogP contribution in [0.4, 0.5) is 8.78 Å². The molecule has 0 unspecified atom stereocenters. The molecule has 0 atom stereocenters. The number of rotatable bonds is 2. The van der Waals surface area contributed by atoms with E-state index in [1.807, 2.05) is 4.90 Å². The number of carbonyl (C=O) groups is 1. The highest BCUT2D eigenvalue weighted by Gasteiger charge is 2.34. The zero-order chi connectivity index (χ0) is 16.7. The molecule has 3 aliphatic heterocycles. The van der Waals surface area contributed by atoms with Crippen LogP contribution in [-0.4, -0.2) is 58.1 Å². The van der Waals surface area contributed by atoms with Crippen LogP contribution in [0.15, 0.2) is 24.4 Å². The summed E-state index contributed by atoms with van der Waals surface area (Å²) in [6.07, 6.45) is 3.24. The molecule has 3 saturated heterocycles. The summed E-state index contributed by atoms with van der Waals surface area (Å²) >= 11 is 0. The first-order valence-corrected chi connectivity index (χ1v) is 8.16. The second-order valence-electron chi connectivity index (χ2n) is 6.33. The zero-order valence-corrected chi connectivity index (χ0v) is 13.1. The molecule has 2 bridgehead atoms. The van der Waals surface area contributed by atoms with Gasteiger partial charge in [-0.3, -0.25) is 9.89 Å². The Hall–Kier alpha value is -2.28. The quantitative estimate of drug-likeness (QED) is 0.918. The summed E-state index contributed by atoms with van der Waals surface area (Å²) in [4.78, 5) is 17.2. The third-order valence-corrected chi connectivity index (χ3v) is 5.00. The van der Waals surface area contributed by atoms with E-state index in [1.165, 1.54) is 24.4 Å². The summed E-state index contributed by atoms with van der Waals surface area (Å²) in [5, 5.41) is 6.46. The van der Waals surface area contributed by atoms with Crippen LogP contribution >= 0.6 is 0 Å². The van der Waals surface area contributed by atoms with Crippen LogP contribution in [0.25, 0.3) is 11.3 Å². The van der Waals surface area contributed by atoms with Gasteiger partial charge in [0.15, 0.2) is 0 Å². The van der Waals surface area contributed by atoms with E-state index in [-0.39, 0.29) is 28.8 Å². The first kappa shape index (κ1) is 15.3. The number of piperidine rings is 1. The number of halogens is 2. The Kier molecular flexibility index (Phi) is 3.80. The lowest BCUT2D eigenvalue weighted by Gasteiger charge is -2.31. The van der Waals surface area contributed by atoms with Gasteiger partial charge in [-0.25, -0.2) is 8.78 Å². The van der Waals surface area contributed by atoms with Crippen LogP contribution in [0.3, 0.4) is 0 Å². The Bertz CT molecular complexity index is 747. The van der Waals surface area contributed by atoms with Gasteiger partial charge in [0.1, 0.15) is 11.6 Å². The molecule has 0 saturated carbocycles. The highest BCUT2D eigenvalue weighted by Crippen LogP contribution is 2.29. The Morgan fingerprint density at radius 1 is 1.12 bits per heavy atom. The first-order valence-electron chi connectivity index (χ1n) is 8.16. The number of hydrogen-bond donors (Lipinski definition) is 1. The van der Waals surface area contributed by atoms with Crippen molar-refractivity contribution in [2.45, 2.75) is 18.9 Å². The molecule has 3 fully saturated rings. The predicted molar refractivity (Wildman–Crippen MR) is 84.4 cm³/mol. The lowest BCUT2D eigenvalue weighted by atomic mass is 10.0. The molecule has 24 heavy (non-hydrogen) atoms. The molecular weight excluding hydrogens is 314 g/mol. The monoisotopic (exact) mass is 332 g/mol. The summed E-state index contributed by atoms with van der Waals surface area (Å²) in [7, 11) is 0. The van der Waals surface area contributed by atoms with E-state index >= 15 is 0 Å². The van der Waals surface area contributed by atoms with Crippen molar-refractivity contribution in [3.8, 4) is 11.3 Å². The molecule has 126 valence electrons. The Labute approximate surface area is 138 Å². The summed E-state index contributed by atoms with van der Waals surface area (Å²) in [5.74, 6) is -1.64. The van der Waals surface area contributed by atoms with Crippen molar-refractivity contribution in [3.63, 3.8) is 0 Å². The molecule has 4 heterocycles. The van der Waals surface area contributed by atoms with Crippen molar-refractivity contribution in [2.24, 2.45) is 0 Å². The number of fused-ring (bicyclic) bond motifs is 4. The number of H-pyrrole nitrogens is 1. The second-order valence-corrected chi connectivity index (χ2v) is 6.33. The minimum absolute atomic E-state index is 0.106. The fourth-order valence-corrected chi connectivity index (χ4v) is 3.68. The van der Waals surface area contributed by atoms with E-state index in [0.717, 1.165) is 32.5 Å². The fraction of sp³-hybridized carbons (Fsp3) is 0.412. The first-order chi connectivity index (χ1) is 11.6. The van der Waals surface area contributed by atoms with Gasteiger partial charge in [-0.15, -0.1) is 0 Å². The van der Waals surface area contributed by atoms with Crippen LogP contribution in [0.2, 0.25) is 0 Å². The molecule has 3 aliphatic rings. The summed E-state index contributed by atoms with van der Waals surface area (Å²) in [6, 6.07) is 3.83. The molecule has 1 N–H and O–H groups in total. The van der Waals surface area contributed by atoms with Crippen molar-refractivity contribution in [2.75, 3.05) is 26.2 Å². The fourth-order valence-electron chi connectivity index (χ4n) is 3.68. The standard InChI is InChI=1S/C17H18F2N4O/c18-13-2-1-3-14(19)15(13)16-12(10-20-21-16)17(24)23-9-8-22-6-4-11(23)5-7-22/h1-3,10-11H,4-9H2,(H,20,21). The van der Waals surface area contributed by atoms with Gasteiger partial charge in [0.25, 0.3) is 5.91 Å². The third kappa shape index (κ3) is 2.49. The average Bonchev–Trinajstić information content (AvgIpc) is 2.85. The van der Waals surface area contributed by atoms with E-state index < -0.39 is 11.6 Å². The minimum Gasteiger partial charge on any atom is -0.334 e. The van der Waals surface area contributed by atoms with Crippen molar-refractivity contribution in [1.82, 2.24) is 20.0 Å². The third-order valence-electron chi connectivity index (χ3n) is 5.00. The zero-order valence-electron chi connectivity index (χ0n) is 13.1. The lowest BCUT2D eigenvalue weighted by molar-refractivity contribution is 0.0686. The van der Waals surface area contributed by atoms with Gasteiger partial charge in [-0.05, 0) is 25.0 Å². The average molecular weight is 332 g/mol. The van der Waals surface area contributed by atoms with Crippen molar-refractivity contribution in [3.05, 3.63) is 41.6 Å². The van der Waals surface area contributed by atoms with Crippen molar-refractivity contribution >= 4 is 5.91 Å². The van der Waals surface area contributed by atoms with E-state index in [4.69, 9.17) is 0 Å². The highest BCUT2D eigenvalue weighted by atomic mass is 19.1. The van der Waals surface area contributed by atoms with E-state index in [2.05, 4.69) is 15.1 Å². The molecule has 5 nitrogen and oxygen atoms in total. The van der Waals surface area contributed by atoms with Crippen LogP contribution in [0, 0.1) is 11.6 Å². The van der Waals surface area contributed by atoms with E-state index in [0.29, 0.717) is 6.54 Å². The van der Waals surface area contributed by atoms with Gasteiger partial charge >= 0.3 is 0 Å². The Balaban J connectivity index is 1.71. The molecule has 0 aliphatic carbocycles. The summed E-state index contributed by atoms with van der Waals surface area (Å²) in [5.41, 5.74) is 0.0928. The molecule has 0 spiro atoms. The van der Waals surface area contributed by atoms with E-state index in [1.54, 1.807) is 0 Å². The summed E-state index contributed by atoms with van der Waals surface area (Å²) < 4.78 is 28.2. The Morgan fingerprint density at radius 3 is 2.54 bits per heavy atom. The number of hydrogen-bond acceptors (Lipinski definition) is 3. The highest BCUT2D eigenvalue weighted by molar-refractivity contribution is 6.00. The maximum atomic E-state index is 14.1. The molecule has 5 rings (SSSR count). The maximum absolute atomic E-state index is 14.1. The normalized spacial score (nSPS) is 23.3. The molecule has 1 aromatic heterocycles. The molecule has 0 radical (unpaired) electrons. The van der Waals surface area contributed by atoms with Crippen molar-refractivity contribution in [1.29, 1.82) is 0 Å². The molecule has 1 amide bonds. The van der Waals surface area contributed by atoms with E-state index in [9.17, 15) is 13.6 Å². The second kappa shape index (κ2) is 5.98. The minimum atomic E-state index is -0.712. The molecular formula is C17H18F2N4O. The maximum Gasteiger partial charge on any atom is 0.257 e. The SMILES string of the molecule is O=C(c1cn[nH]c1-c1c(F)cccc1F)N1CCN2CCC1CC2. The van der Waals surface area contributed by atoms with Gasteiger partial charge in [0.05, 0.1) is 23.0 Å². The number of carbonyl (C=O) groups excluding carboxylic acids is 1. The van der Waals surface area contributed by atoms with Crippen LogP contribution in [0.5, 0.6) is 0 Å². The number of aromatic nitrogens is 2. The molecule has 7 heteroatoms. The van der Waals surface area contributed by atoms with Gasteiger partial charge in [-0.1, -0.05) is 6.07 Å². The van der Waals surface area contributed by atoms with Crippen LogP contribution < -0.4 is 0 Å². The van der Waals surface area contributed by atoms with Gasteiger partial charge in [0, 0.05) is 32.2 Å². The number of amides is 1. The van der Waals surface area contributed by atoms with Crippen molar-refractivity contribution < 1.29 is 13.6 Å². The number of nitrogens with zero attached hydrogens (tertiary/aromatic N) is 3. The number of benzene rings is 1. The smallest absolute Gasteiger partial charge is 0.257 e. The van der Waals surface area contributed by atoms with Crippen LogP contribution in [-0.2, 0) is 0 Å². The largest absolute Gasteiger partial charge is 0.334 e. The summed E-state index contributed by atoms with van der Waals surface area (Å²) in [6.45, 7) is 3.46. The number of aromatic amines is 1. The van der Waals surface area contributed by atoms with Crippen LogP contribution in [0.1, 0.15) is 23.2 Å². The number of nitrogens with one attached hydrogen (secondary N) is 1. The van der Waals surface area contributed by atoms with Gasteiger partial charge < -0.3 is 9.80 Å². The van der Waals surface area contributed by atoms with Gasteiger partial charge in [-0.2, -0.15) is 5.10 Å². The topological polar surface area (TPSA) is 52.2 Å². The molecule has 1 aromatic carbocycles.